The van der Waals surface area contributed by atoms with Crippen LogP contribution in [-0.4, -0.2) is 21.8 Å². The zero-order chi connectivity index (χ0) is 28.4. The minimum atomic E-state index is -0.610. The first kappa shape index (κ1) is 26.9. The molecule has 5 aliphatic rings. The topological polar surface area (TPSA) is 96.9 Å². The van der Waals surface area contributed by atoms with E-state index >= 15 is 0 Å². The van der Waals surface area contributed by atoms with Crippen molar-refractivity contribution in [1.82, 2.24) is 10.2 Å². The van der Waals surface area contributed by atoms with Gasteiger partial charge in [-0.05, 0) is 84.4 Å². The summed E-state index contributed by atoms with van der Waals surface area (Å²) in [6.45, 7) is 17.7. The lowest BCUT2D eigenvalue weighted by molar-refractivity contribution is -0.215. The van der Waals surface area contributed by atoms with E-state index in [-0.39, 0.29) is 62.1 Å². The molecule has 2 unspecified atom stereocenters. The highest BCUT2D eigenvalue weighted by molar-refractivity contribution is 6.04. The molecule has 1 aromatic heterocycles. The Morgan fingerprint density at radius 1 is 0.923 bits per heavy atom. The number of aryl methyl sites for hydroxylation is 1. The quantitative estimate of drug-likeness (QED) is 0.390. The predicted octanol–water partition coefficient (Wildman–Crippen LogP) is 6.93. The number of nitriles is 1. The molecule has 0 aliphatic heterocycles. The Kier molecular flexibility index (Phi) is 5.46. The Bertz CT molecular complexity index is 1330. The van der Waals surface area contributed by atoms with Crippen LogP contribution in [0.15, 0.2) is 16.1 Å². The van der Waals surface area contributed by atoms with Crippen LogP contribution in [-0.2, 0) is 15.0 Å². The molecule has 5 aliphatic carbocycles. The number of fused-ring (bicyclic) bond motifs is 7. The first-order valence-corrected chi connectivity index (χ1v) is 15.1. The Labute approximate surface area is 233 Å². The largest absolute Gasteiger partial charge is 0.425 e. The smallest absolute Gasteiger partial charge is 0.222 e. The van der Waals surface area contributed by atoms with Crippen molar-refractivity contribution in [3.63, 3.8) is 0 Å². The van der Waals surface area contributed by atoms with Crippen LogP contribution >= 0.6 is 0 Å². The van der Waals surface area contributed by atoms with Gasteiger partial charge in [-0.1, -0.05) is 54.5 Å². The average Bonchev–Trinajstić information content (AvgIpc) is 3.29. The molecular weight excluding hydrogens is 486 g/mol. The third kappa shape index (κ3) is 3.25. The molecule has 6 heteroatoms. The fraction of sp³-hybridized carbons (Fsp3) is 0.788. The molecule has 4 fully saturated rings. The Morgan fingerprint density at radius 3 is 2.26 bits per heavy atom. The summed E-state index contributed by atoms with van der Waals surface area (Å²) in [5.41, 5.74) is -1.04. The molecule has 0 saturated heterocycles. The maximum absolute atomic E-state index is 14.6. The number of allylic oxidation sites excluding steroid dienone is 2. The Balaban J connectivity index is 1.49. The summed E-state index contributed by atoms with van der Waals surface area (Å²) in [4.78, 5) is 27.9. The second kappa shape index (κ2) is 7.92. The molecule has 8 atom stereocenters. The van der Waals surface area contributed by atoms with Crippen LogP contribution in [0.25, 0.3) is 0 Å². The van der Waals surface area contributed by atoms with E-state index in [9.17, 15) is 14.9 Å². The maximum atomic E-state index is 14.6. The lowest BCUT2D eigenvalue weighted by atomic mass is 9.31. The molecule has 4 saturated carbocycles. The van der Waals surface area contributed by atoms with Crippen LogP contribution in [0.4, 0.5) is 0 Å². The second-order valence-electron chi connectivity index (χ2n) is 16.0. The molecule has 6 rings (SSSR count). The molecule has 0 amide bonds. The van der Waals surface area contributed by atoms with Gasteiger partial charge in [0.25, 0.3) is 0 Å². The van der Waals surface area contributed by atoms with Gasteiger partial charge in [0, 0.05) is 24.7 Å². The van der Waals surface area contributed by atoms with Gasteiger partial charge in [-0.2, -0.15) is 5.26 Å². The molecule has 0 bridgehead atoms. The second-order valence-corrected chi connectivity index (χ2v) is 16.0. The highest BCUT2D eigenvalue weighted by atomic mass is 16.4. The molecule has 1 heterocycles. The summed E-state index contributed by atoms with van der Waals surface area (Å²) in [6, 6.07) is 2.23. The molecule has 0 spiro atoms. The first-order chi connectivity index (χ1) is 18.1. The molecule has 0 N–H and O–H groups in total. The van der Waals surface area contributed by atoms with Gasteiger partial charge in [-0.3, -0.25) is 9.59 Å². The van der Waals surface area contributed by atoms with Crippen LogP contribution in [0, 0.1) is 69.0 Å². The van der Waals surface area contributed by atoms with E-state index in [1.165, 1.54) is 0 Å². The number of rotatable bonds is 1. The summed E-state index contributed by atoms with van der Waals surface area (Å²) in [6.07, 6.45) is 9.42. The highest BCUT2D eigenvalue weighted by Crippen LogP contribution is 2.75. The van der Waals surface area contributed by atoms with Crippen molar-refractivity contribution in [2.24, 2.45) is 50.7 Å². The zero-order valence-corrected chi connectivity index (χ0v) is 25.1. The lowest BCUT2D eigenvalue weighted by Crippen LogP contribution is -2.69. The van der Waals surface area contributed by atoms with E-state index in [2.05, 4.69) is 50.9 Å². The standard InChI is InChI=1S/C33H45N3O3/c1-19-35-36-27(39-19)33-13-11-28(2,3)17-21(33)25-22(37)15-24-30(6)16-20(18-34)26(38)29(4,5)23(30)9-10-31(24,7)32(25,8)12-14-33/h16,21,23-25H,9-15,17H2,1-8H3/t21?,23-,24+,25?,30-,31+,32+,33-/m0/s1. The van der Waals surface area contributed by atoms with Crippen molar-refractivity contribution in [2.75, 3.05) is 0 Å². The van der Waals surface area contributed by atoms with Gasteiger partial charge in [0.1, 0.15) is 11.9 Å². The molecule has 210 valence electrons. The van der Waals surface area contributed by atoms with Gasteiger partial charge < -0.3 is 4.42 Å². The highest BCUT2D eigenvalue weighted by Gasteiger charge is 2.72. The number of hydrogen-bond donors (Lipinski definition) is 0. The predicted molar refractivity (Wildman–Crippen MR) is 147 cm³/mol. The minimum absolute atomic E-state index is 0.0379. The van der Waals surface area contributed by atoms with Crippen molar-refractivity contribution in [1.29, 1.82) is 5.26 Å². The number of hydrogen-bond acceptors (Lipinski definition) is 6. The van der Waals surface area contributed by atoms with Crippen LogP contribution in [0.3, 0.4) is 0 Å². The van der Waals surface area contributed by atoms with Crippen molar-refractivity contribution in [3.05, 3.63) is 23.4 Å². The Morgan fingerprint density at radius 2 is 1.62 bits per heavy atom. The van der Waals surface area contributed by atoms with Gasteiger partial charge in [0.2, 0.25) is 11.8 Å². The zero-order valence-electron chi connectivity index (χ0n) is 25.1. The molecule has 0 radical (unpaired) electrons. The van der Waals surface area contributed by atoms with Crippen molar-refractivity contribution in [2.45, 2.75) is 112 Å². The number of ketones is 2. The van der Waals surface area contributed by atoms with Gasteiger partial charge in [0.05, 0.1) is 11.0 Å². The van der Waals surface area contributed by atoms with Gasteiger partial charge in [-0.25, -0.2) is 0 Å². The van der Waals surface area contributed by atoms with E-state index in [0.29, 0.717) is 18.1 Å². The van der Waals surface area contributed by atoms with E-state index in [1.54, 1.807) is 0 Å². The summed E-state index contributed by atoms with van der Waals surface area (Å²) in [7, 11) is 0. The summed E-state index contributed by atoms with van der Waals surface area (Å²) < 4.78 is 6.17. The van der Waals surface area contributed by atoms with Crippen LogP contribution < -0.4 is 0 Å². The molecule has 0 aromatic carbocycles. The molecule has 1 aromatic rings. The fourth-order valence-electron chi connectivity index (χ4n) is 11.2. The van der Waals surface area contributed by atoms with E-state index in [4.69, 9.17) is 4.42 Å². The fourth-order valence-corrected chi connectivity index (χ4v) is 11.2. The van der Waals surface area contributed by atoms with Crippen molar-refractivity contribution >= 4 is 11.6 Å². The van der Waals surface area contributed by atoms with Crippen LogP contribution in [0.5, 0.6) is 0 Å². The summed E-state index contributed by atoms with van der Waals surface area (Å²) in [5.74, 6) is 2.01. The average molecular weight is 532 g/mol. The number of aromatic nitrogens is 2. The summed E-state index contributed by atoms with van der Waals surface area (Å²) in [5, 5.41) is 18.8. The van der Waals surface area contributed by atoms with E-state index in [0.717, 1.165) is 50.8 Å². The SMILES string of the molecule is Cc1nnc([C@]23CCC(C)(C)CC2C2C(=O)C[C@@H]4[C@@]5(C)C=C(C#N)C(=O)C(C)(C)[C@@H]5CC[C@@]4(C)[C@]2(C)CC3)o1. The monoisotopic (exact) mass is 531 g/mol. The minimum Gasteiger partial charge on any atom is -0.425 e. The van der Waals surface area contributed by atoms with Crippen molar-refractivity contribution in [3.8, 4) is 6.07 Å². The van der Waals surface area contributed by atoms with Gasteiger partial charge in [-0.15, -0.1) is 10.2 Å². The van der Waals surface area contributed by atoms with Crippen LogP contribution in [0.1, 0.15) is 112 Å². The Hall–Kier alpha value is -2.29. The number of nitrogens with zero attached hydrogens (tertiary/aromatic N) is 3. The molecule has 6 nitrogen and oxygen atoms in total. The maximum Gasteiger partial charge on any atom is 0.222 e. The third-order valence-corrected chi connectivity index (χ3v) is 13.4. The van der Waals surface area contributed by atoms with Crippen molar-refractivity contribution < 1.29 is 14.0 Å². The first-order valence-electron chi connectivity index (χ1n) is 15.1. The molecule has 39 heavy (non-hydrogen) atoms. The van der Waals surface area contributed by atoms with Crippen LogP contribution in [0.2, 0.25) is 0 Å². The molecular formula is C33H45N3O3. The number of carbonyl (C=O) groups is 2. The van der Waals surface area contributed by atoms with Gasteiger partial charge in [0.15, 0.2) is 5.78 Å². The van der Waals surface area contributed by atoms with Gasteiger partial charge >= 0.3 is 0 Å². The number of carbonyl (C=O) groups excluding carboxylic acids is 2. The van der Waals surface area contributed by atoms with E-state index < -0.39 is 5.41 Å². The summed E-state index contributed by atoms with van der Waals surface area (Å²) >= 11 is 0. The lowest BCUT2D eigenvalue weighted by Gasteiger charge is -2.71. The van der Waals surface area contributed by atoms with E-state index in [1.807, 2.05) is 26.8 Å². The number of Topliss-reactive ketones (excluding diaryl/α,β-unsaturated/α-hetero) is 2. The third-order valence-electron chi connectivity index (χ3n) is 13.4. The normalized spacial score (nSPS) is 46.2.